The van der Waals surface area contributed by atoms with E-state index in [0.29, 0.717) is 24.3 Å². The van der Waals surface area contributed by atoms with E-state index in [9.17, 15) is 14.7 Å². The first-order chi connectivity index (χ1) is 13.0. The number of aliphatic carboxylic acids is 1. The molecule has 0 unspecified atom stereocenters. The summed E-state index contributed by atoms with van der Waals surface area (Å²) in [5.41, 5.74) is 2.88. The lowest BCUT2D eigenvalue weighted by molar-refractivity contribution is -0.144. The van der Waals surface area contributed by atoms with Gasteiger partial charge in [0.25, 0.3) is 5.91 Å². The van der Waals surface area contributed by atoms with Crippen LogP contribution in [-0.2, 0) is 9.53 Å². The minimum Gasteiger partial charge on any atom is -0.480 e. The highest BCUT2D eigenvalue weighted by Gasteiger charge is 2.55. The molecule has 5 heteroatoms. The molecule has 1 aromatic rings. The zero-order valence-corrected chi connectivity index (χ0v) is 18.0. The number of carboxylic acid groups (broad SMARTS) is 1. The van der Waals surface area contributed by atoms with Gasteiger partial charge in [-0.2, -0.15) is 0 Å². The smallest absolute Gasteiger partial charge is 0.328 e. The van der Waals surface area contributed by atoms with Gasteiger partial charge in [-0.15, -0.1) is 0 Å². The summed E-state index contributed by atoms with van der Waals surface area (Å²) in [6.45, 7) is 12.6. The third-order valence-corrected chi connectivity index (χ3v) is 6.65. The lowest BCUT2D eigenvalue weighted by atomic mass is 9.70. The summed E-state index contributed by atoms with van der Waals surface area (Å²) in [5.74, 6) is -0.662. The van der Waals surface area contributed by atoms with E-state index >= 15 is 0 Å². The van der Waals surface area contributed by atoms with Crippen molar-refractivity contribution in [3.63, 3.8) is 0 Å². The molecule has 1 heterocycles. The molecule has 0 bridgehead atoms. The number of amides is 1. The fraction of sp³-hybridized carbons (Fsp3) is 0.652. The van der Waals surface area contributed by atoms with Crippen LogP contribution in [0.25, 0.3) is 0 Å². The fourth-order valence-electron chi connectivity index (χ4n) is 5.13. The SMILES string of the molecule is Cc1cc(C)c(C(=O)N2[C@H](C(=O)O)COC23CCC(C(C)(C)C)CC3)c(C)c1. The average molecular weight is 388 g/mol. The van der Waals surface area contributed by atoms with Gasteiger partial charge in [-0.1, -0.05) is 38.5 Å². The van der Waals surface area contributed by atoms with E-state index in [1.807, 2.05) is 32.9 Å². The zero-order chi connectivity index (χ0) is 20.9. The predicted octanol–water partition coefficient (Wildman–Crippen LogP) is 4.47. The van der Waals surface area contributed by atoms with E-state index in [2.05, 4.69) is 20.8 Å². The summed E-state index contributed by atoms with van der Waals surface area (Å²) >= 11 is 0. The molecular formula is C23H33NO4. The van der Waals surface area contributed by atoms with Crippen molar-refractivity contribution >= 4 is 11.9 Å². The van der Waals surface area contributed by atoms with Crippen molar-refractivity contribution in [2.45, 2.75) is 79.0 Å². The highest BCUT2D eigenvalue weighted by Crippen LogP contribution is 2.47. The number of carbonyl (C=O) groups is 2. The second-order valence-corrected chi connectivity index (χ2v) is 9.70. The number of aryl methyl sites for hydroxylation is 3. The van der Waals surface area contributed by atoms with Crippen LogP contribution in [-0.4, -0.2) is 40.3 Å². The average Bonchev–Trinajstić information content (AvgIpc) is 2.92. The normalized spacial score (nSPS) is 28.0. The topological polar surface area (TPSA) is 66.8 Å². The summed E-state index contributed by atoms with van der Waals surface area (Å²) in [6.07, 6.45) is 3.25. The predicted molar refractivity (Wildman–Crippen MR) is 108 cm³/mol. The summed E-state index contributed by atoms with van der Waals surface area (Å²) in [5, 5.41) is 9.78. The third kappa shape index (κ3) is 3.57. The number of hydrogen-bond donors (Lipinski definition) is 1. The molecule has 3 rings (SSSR count). The zero-order valence-electron chi connectivity index (χ0n) is 18.0. The van der Waals surface area contributed by atoms with Crippen molar-refractivity contribution in [3.05, 3.63) is 34.4 Å². The van der Waals surface area contributed by atoms with Crippen molar-refractivity contribution in [1.82, 2.24) is 4.90 Å². The van der Waals surface area contributed by atoms with E-state index in [-0.39, 0.29) is 17.9 Å². The number of ether oxygens (including phenoxy) is 1. The maximum atomic E-state index is 13.6. The van der Waals surface area contributed by atoms with Gasteiger partial charge in [0.05, 0.1) is 6.61 Å². The van der Waals surface area contributed by atoms with Crippen LogP contribution in [0.3, 0.4) is 0 Å². The lowest BCUT2D eigenvalue weighted by Gasteiger charge is -2.46. The van der Waals surface area contributed by atoms with Gasteiger partial charge in [0, 0.05) is 5.56 Å². The van der Waals surface area contributed by atoms with Crippen LogP contribution in [0.2, 0.25) is 0 Å². The standard InChI is InChI=1S/C23H33NO4/c1-14-11-15(2)19(16(3)12-14)20(25)24-18(21(26)27)13-28-23(24)9-7-17(8-10-23)22(4,5)6/h11-12,17-18H,7-10,13H2,1-6H3,(H,26,27)/t17?,18-,23?/m0/s1. The highest BCUT2D eigenvalue weighted by molar-refractivity contribution is 6.00. The molecule has 2 fully saturated rings. The van der Waals surface area contributed by atoms with Gasteiger partial charge in [0.15, 0.2) is 6.04 Å². The van der Waals surface area contributed by atoms with E-state index in [0.717, 1.165) is 29.5 Å². The third-order valence-electron chi connectivity index (χ3n) is 6.65. The number of hydrogen-bond acceptors (Lipinski definition) is 3. The van der Waals surface area contributed by atoms with Crippen LogP contribution in [0.15, 0.2) is 12.1 Å². The quantitative estimate of drug-likeness (QED) is 0.813. The Balaban J connectivity index is 1.98. The van der Waals surface area contributed by atoms with Gasteiger partial charge in [-0.3, -0.25) is 9.69 Å². The first kappa shape index (κ1) is 20.8. The number of carbonyl (C=O) groups excluding carboxylic acids is 1. The Kier molecular flexibility index (Phi) is 5.34. The van der Waals surface area contributed by atoms with Gasteiger partial charge in [-0.25, -0.2) is 4.79 Å². The van der Waals surface area contributed by atoms with Gasteiger partial charge in [-0.05, 0) is 68.9 Å². The van der Waals surface area contributed by atoms with Crippen molar-refractivity contribution in [1.29, 1.82) is 0 Å². The Morgan fingerprint density at radius 2 is 1.64 bits per heavy atom. The monoisotopic (exact) mass is 387 g/mol. The Hall–Kier alpha value is -1.88. The van der Waals surface area contributed by atoms with Crippen molar-refractivity contribution in [3.8, 4) is 0 Å². The maximum absolute atomic E-state index is 13.6. The van der Waals surface area contributed by atoms with Crippen molar-refractivity contribution in [2.24, 2.45) is 11.3 Å². The Morgan fingerprint density at radius 3 is 2.11 bits per heavy atom. The Bertz CT molecular complexity index is 761. The molecule has 1 atom stereocenters. The van der Waals surface area contributed by atoms with E-state index in [1.165, 1.54) is 0 Å². The summed E-state index contributed by atoms with van der Waals surface area (Å²) in [6, 6.07) is 3.03. The number of benzene rings is 1. The number of nitrogens with zero attached hydrogens (tertiary/aromatic N) is 1. The first-order valence-corrected chi connectivity index (χ1v) is 10.2. The molecular weight excluding hydrogens is 354 g/mol. The molecule has 1 saturated heterocycles. The fourth-order valence-corrected chi connectivity index (χ4v) is 5.13. The largest absolute Gasteiger partial charge is 0.480 e. The molecule has 1 aliphatic carbocycles. The second kappa shape index (κ2) is 7.18. The van der Waals surface area contributed by atoms with Crippen LogP contribution < -0.4 is 0 Å². The first-order valence-electron chi connectivity index (χ1n) is 10.2. The molecule has 1 aromatic carbocycles. The van der Waals surface area contributed by atoms with Gasteiger partial charge in [0.2, 0.25) is 0 Å². The van der Waals surface area contributed by atoms with Gasteiger partial charge >= 0.3 is 5.97 Å². The molecule has 0 radical (unpaired) electrons. The lowest BCUT2D eigenvalue weighted by Crippen LogP contribution is -2.55. The van der Waals surface area contributed by atoms with Crippen LogP contribution in [0.4, 0.5) is 0 Å². The summed E-state index contributed by atoms with van der Waals surface area (Å²) < 4.78 is 6.10. The minimum atomic E-state index is -0.995. The van der Waals surface area contributed by atoms with Crippen LogP contribution >= 0.6 is 0 Å². The highest BCUT2D eigenvalue weighted by atomic mass is 16.5. The van der Waals surface area contributed by atoms with E-state index in [4.69, 9.17) is 4.74 Å². The molecule has 0 aromatic heterocycles. The molecule has 1 N–H and O–H groups in total. The molecule has 154 valence electrons. The van der Waals surface area contributed by atoms with Crippen LogP contribution in [0, 0.1) is 32.1 Å². The summed E-state index contributed by atoms with van der Waals surface area (Å²) in [7, 11) is 0. The van der Waals surface area contributed by atoms with Crippen molar-refractivity contribution in [2.75, 3.05) is 6.61 Å². The molecule has 1 spiro atoms. The van der Waals surface area contributed by atoms with Crippen LogP contribution in [0.1, 0.15) is 73.5 Å². The van der Waals surface area contributed by atoms with Crippen molar-refractivity contribution < 1.29 is 19.4 Å². The second-order valence-electron chi connectivity index (χ2n) is 9.70. The minimum absolute atomic E-state index is 0.0607. The Morgan fingerprint density at radius 1 is 1.11 bits per heavy atom. The summed E-state index contributed by atoms with van der Waals surface area (Å²) in [4.78, 5) is 27.2. The van der Waals surface area contributed by atoms with Gasteiger partial charge in [0.1, 0.15) is 5.72 Å². The van der Waals surface area contributed by atoms with E-state index in [1.54, 1.807) is 4.90 Å². The number of carboxylic acids is 1. The molecule has 28 heavy (non-hydrogen) atoms. The molecule has 5 nitrogen and oxygen atoms in total. The molecule has 1 saturated carbocycles. The number of rotatable bonds is 2. The van der Waals surface area contributed by atoms with Gasteiger partial charge < -0.3 is 9.84 Å². The van der Waals surface area contributed by atoms with Crippen LogP contribution in [0.5, 0.6) is 0 Å². The molecule has 2 aliphatic rings. The molecule has 1 aliphatic heterocycles. The molecule has 1 amide bonds. The van der Waals surface area contributed by atoms with E-state index < -0.39 is 17.7 Å². The maximum Gasteiger partial charge on any atom is 0.328 e. The Labute approximate surface area is 168 Å².